The third kappa shape index (κ3) is 4.77. The molecule has 0 saturated carbocycles. The van der Waals surface area contributed by atoms with Crippen LogP contribution in [0, 0.1) is 0 Å². The van der Waals surface area contributed by atoms with E-state index in [1.54, 1.807) is 0 Å². The SMILES string of the molecule is COC(=O)[C@@H](Cc1ccccc1)Oc1c(Br)cc(-c2c3ccccc3c(Br)c3oc4ccccc4c23)cc1Br. The van der Waals surface area contributed by atoms with E-state index in [1.807, 2.05) is 72.8 Å². The topological polar surface area (TPSA) is 48.7 Å². The molecule has 0 unspecified atom stereocenters. The minimum Gasteiger partial charge on any atom is -0.476 e. The van der Waals surface area contributed by atoms with Gasteiger partial charge in [0, 0.05) is 28.1 Å². The van der Waals surface area contributed by atoms with Crippen molar-refractivity contribution >= 4 is 86.5 Å². The van der Waals surface area contributed by atoms with Gasteiger partial charge in [-0.2, -0.15) is 0 Å². The van der Waals surface area contributed by atoms with E-state index in [2.05, 4.69) is 66.0 Å². The summed E-state index contributed by atoms with van der Waals surface area (Å²) in [4.78, 5) is 12.7. The number of benzene rings is 5. The Morgan fingerprint density at radius 2 is 1.44 bits per heavy atom. The molecule has 0 bridgehead atoms. The van der Waals surface area contributed by atoms with Gasteiger partial charge in [0.1, 0.15) is 11.3 Å². The van der Waals surface area contributed by atoms with E-state index in [1.165, 1.54) is 7.11 Å². The molecule has 6 aromatic rings. The lowest BCUT2D eigenvalue weighted by atomic mass is 9.93. The average Bonchev–Trinajstić information content (AvgIpc) is 3.34. The van der Waals surface area contributed by atoms with Crippen LogP contribution in [0.3, 0.4) is 0 Å². The number of carbonyl (C=O) groups excluding carboxylic acids is 1. The number of carbonyl (C=O) groups is 1. The highest BCUT2D eigenvalue weighted by molar-refractivity contribution is 9.11. The van der Waals surface area contributed by atoms with Crippen LogP contribution in [0.1, 0.15) is 5.56 Å². The predicted molar refractivity (Wildman–Crippen MR) is 166 cm³/mol. The van der Waals surface area contributed by atoms with Gasteiger partial charge in [-0.15, -0.1) is 0 Å². The second-order valence-corrected chi connectivity index (χ2v) is 11.6. The van der Waals surface area contributed by atoms with Crippen LogP contribution in [0.25, 0.3) is 43.8 Å². The fourth-order valence-electron chi connectivity index (χ4n) is 4.99. The third-order valence-corrected chi connectivity index (χ3v) is 8.72. The van der Waals surface area contributed by atoms with Crippen molar-refractivity contribution in [3.8, 4) is 16.9 Å². The Kier molecular flexibility index (Phi) is 7.23. The Hall–Kier alpha value is -3.13. The highest BCUT2D eigenvalue weighted by Gasteiger charge is 2.26. The van der Waals surface area contributed by atoms with Gasteiger partial charge in [0.25, 0.3) is 0 Å². The first kappa shape index (κ1) is 26.1. The number of hydrogen-bond donors (Lipinski definition) is 0. The molecule has 0 fully saturated rings. The second-order valence-electron chi connectivity index (χ2n) is 9.13. The molecule has 0 aliphatic heterocycles. The number of esters is 1. The quantitative estimate of drug-likeness (QED) is 0.162. The third-order valence-electron chi connectivity index (χ3n) is 6.75. The van der Waals surface area contributed by atoms with E-state index >= 15 is 0 Å². The molecule has 0 spiro atoms. The molecule has 39 heavy (non-hydrogen) atoms. The lowest BCUT2D eigenvalue weighted by Crippen LogP contribution is -2.31. The van der Waals surface area contributed by atoms with Gasteiger partial charge >= 0.3 is 5.97 Å². The second kappa shape index (κ2) is 10.8. The van der Waals surface area contributed by atoms with E-state index in [0.29, 0.717) is 21.1 Å². The Balaban J connectivity index is 1.51. The van der Waals surface area contributed by atoms with Crippen molar-refractivity contribution < 1.29 is 18.7 Å². The van der Waals surface area contributed by atoms with E-state index in [4.69, 9.17) is 13.9 Å². The van der Waals surface area contributed by atoms with Crippen LogP contribution >= 0.6 is 47.8 Å². The minimum atomic E-state index is -0.811. The molecule has 1 aromatic heterocycles. The average molecular weight is 709 g/mol. The molecular weight excluding hydrogens is 688 g/mol. The number of para-hydroxylation sites is 1. The number of ether oxygens (including phenoxy) is 2. The van der Waals surface area contributed by atoms with E-state index in [-0.39, 0.29) is 0 Å². The zero-order chi connectivity index (χ0) is 27.1. The van der Waals surface area contributed by atoms with Crippen molar-refractivity contribution in [3.05, 3.63) is 110 Å². The Morgan fingerprint density at radius 3 is 2.13 bits per heavy atom. The first-order valence-electron chi connectivity index (χ1n) is 12.3. The van der Waals surface area contributed by atoms with Gasteiger partial charge in [-0.05, 0) is 82.5 Å². The van der Waals surface area contributed by atoms with E-state index in [0.717, 1.165) is 53.9 Å². The van der Waals surface area contributed by atoms with Crippen LogP contribution in [0.2, 0.25) is 0 Å². The minimum absolute atomic E-state index is 0.382. The molecule has 1 atom stereocenters. The van der Waals surface area contributed by atoms with Crippen molar-refractivity contribution in [2.24, 2.45) is 0 Å². The van der Waals surface area contributed by atoms with E-state index < -0.39 is 12.1 Å². The maximum absolute atomic E-state index is 12.7. The van der Waals surface area contributed by atoms with Crippen LogP contribution in [0.5, 0.6) is 5.75 Å². The molecule has 194 valence electrons. The highest BCUT2D eigenvalue weighted by atomic mass is 79.9. The molecule has 0 amide bonds. The fraction of sp³-hybridized carbons (Fsp3) is 0.0938. The van der Waals surface area contributed by atoms with Crippen LogP contribution in [-0.4, -0.2) is 19.2 Å². The standard InChI is InChI=1S/C32H21Br3O4/c1-37-32(36)26(15-18-9-3-2-4-10-18)39-30-23(33)16-19(17-24(30)34)27-20-11-5-6-12-21(20)29(35)31-28(27)22-13-7-8-14-25(22)38-31/h2-14,16-17,26H,15H2,1H3/t26-/m1/s1. The fourth-order valence-corrected chi connectivity index (χ4v) is 6.99. The molecular formula is C32H21Br3O4. The number of furan rings is 1. The predicted octanol–water partition coefficient (Wildman–Crippen LogP) is 9.86. The summed E-state index contributed by atoms with van der Waals surface area (Å²) in [5.74, 6) is 0.0898. The molecule has 0 N–H and O–H groups in total. The zero-order valence-corrected chi connectivity index (χ0v) is 25.5. The molecule has 7 heteroatoms. The number of halogens is 3. The summed E-state index contributed by atoms with van der Waals surface area (Å²) >= 11 is 11.3. The lowest BCUT2D eigenvalue weighted by molar-refractivity contribution is -0.148. The van der Waals surface area contributed by atoms with Gasteiger partial charge in [0.2, 0.25) is 0 Å². The van der Waals surface area contributed by atoms with Crippen molar-refractivity contribution in [2.75, 3.05) is 7.11 Å². The van der Waals surface area contributed by atoms with Gasteiger partial charge in [0.15, 0.2) is 11.7 Å². The Labute approximate surface area is 250 Å². The van der Waals surface area contributed by atoms with Crippen molar-refractivity contribution in [2.45, 2.75) is 12.5 Å². The summed E-state index contributed by atoms with van der Waals surface area (Å²) in [6, 6.07) is 30.1. The monoisotopic (exact) mass is 706 g/mol. The van der Waals surface area contributed by atoms with Gasteiger partial charge in [0.05, 0.1) is 20.5 Å². The number of rotatable bonds is 6. The normalized spacial score (nSPS) is 12.2. The summed E-state index contributed by atoms with van der Waals surface area (Å²) in [6.45, 7) is 0. The maximum atomic E-state index is 12.7. The number of hydrogen-bond acceptors (Lipinski definition) is 4. The van der Waals surface area contributed by atoms with E-state index in [9.17, 15) is 4.79 Å². The van der Waals surface area contributed by atoms with Gasteiger partial charge < -0.3 is 13.9 Å². The first-order valence-corrected chi connectivity index (χ1v) is 14.6. The molecule has 0 aliphatic rings. The van der Waals surface area contributed by atoms with Crippen molar-refractivity contribution in [1.82, 2.24) is 0 Å². The van der Waals surface area contributed by atoms with Crippen molar-refractivity contribution in [1.29, 1.82) is 0 Å². The van der Waals surface area contributed by atoms with Crippen molar-refractivity contribution in [3.63, 3.8) is 0 Å². The lowest BCUT2D eigenvalue weighted by Gasteiger charge is -2.20. The highest BCUT2D eigenvalue weighted by Crippen LogP contribution is 2.48. The molecule has 1 heterocycles. The summed E-state index contributed by atoms with van der Waals surface area (Å²) in [5.41, 5.74) is 4.62. The van der Waals surface area contributed by atoms with Gasteiger partial charge in [-0.1, -0.05) is 72.8 Å². The molecule has 0 saturated heterocycles. The molecule has 0 aliphatic carbocycles. The Bertz CT molecular complexity index is 1840. The summed E-state index contributed by atoms with van der Waals surface area (Å²) in [7, 11) is 1.37. The summed E-state index contributed by atoms with van der Waals surface area (Å²) in [5, 5.41) is 4.21. The Morgan fingerprint density at radius 1 is 0.821 bits per heavy atom. The van der Waals surface area contributed by atoms with Gasteiger partial charge in [-0.3, -0.25) is 0 Å². The molecule has 5 aromatic carbocycles. The molecule has 4 nitrogen and oxygen atoms in total. The largest absolute Gasteiger partial charge is 0.476 e. The molecule has 6 rings (SSSR count). The molecule has 0 radical (unpaired) electrons. The summed E-state index contributed by atoms with van der Waals surface area (Å²) in [6.07, 6.45) is -0.429. The smallest absolute Gasteiger partial charge is 0.347 e. The zero-order valence-electron chi connectivity index (χ0n) is 20.7. The van der Waals surface area contributed by atoms with Gasteiger partial charge in [-0.25, -0.2) is 4.79 Å². The van der Waals surface area contributed by atoms with Crippen LogP contribution in [0.4, 0.5) is 0 Å². The van der Waals surface area contributed by atoms with Crippen LogP contribution in [-0.2, 0) is 16.0 Å². The summed E-state index contributed by atoms with van der Waals surface area (Å²) < 4.78 is 20.0. The maximum Gasteiger partial charge on any atom is 0.347 e. The first-order chi connectivity index (χ1) is 19.0. The number of fused-ring (bicyclic) bond motifs is 4. The van der Waals surface area contributed by atoms with Crippen LogP contribution < -0.4 is 4.74 Å². The number of methoxy groups -OCH3 is 1. The van der Waals surface area contributed by atoms with Crippen LogP contribution in [0.15, 0.2) is 109 Å².